The van der Waals surface area contributed by atoms with Gasteiger partial charge in [0.2, 0.25) is 0 Å². The first-order valence-corrected chi connectivity index (χ1v) is 41.5. The highest BCUT2D eigenvalue weighted by atomic mass is 19.1. The predicted molar refractivity (Wildman–Crippen MR) is 477 cm³/mol. The van der Waals surface area contributed by atoms with Crippen LogP contribution in [0.1, 0.15) is 122 Å². The summed E-state index contributed by atoms with van der Waals surface area (Å²) in [4.78, 5) is 86.7. The van der Waals surface area contributed by atoms with Crippen molar-refractivity contribution >= 4 is 46.2 Å². The highest BCUT2D eigenvalue weighted by molar-refractivity contribution is 5.97. The van der Waals surface area contributed by atoms with Crippen molar-refractivity contribution in [2.24, 2.45) is 22.9 Å². The van der Waals surface area contributed by atoms with Crippen molar-refractivity contribution in [1.82, 2.24) is 78.7 Å². The minimum Gasteiger partial charge on any atom is -0.351 e. The monoisotopic (exact) mass is 1680 g/mol. The molecule has 2 aliphatic rings. The van der Waals surface area contributed by atoms with Gasteiger partial charge in [-0.25, -0.2) is 37.5 Å². The fourth-order valence-corrected chi connectivity index (χ4v) is 15.7. The lowest BCUT2D eigenvalue weighted by molar-refractivity contribution is 0.0907. The van der Waals surface area contributed by atoms with Crippen LogP contribution in [0.3, 0.4) is 0 Å². The van der Waals surface area contributed by atoms with Gasteiger partial charge in [0.25, 0.3) is 23.6 Å². The molecule has 16 aromatic rings. The summed E-state index contributed by atoms with van der Waals surface area (Å²) in [5.74, 6) is -1.78. The number of hydrogen-bond donors (Lipinski definition) is 8. The van der Waals surface area contributed by atoms with E-state index >= 15 is 0 Å². The van der Waals surface area contributed by atoms with E-state index in [1.165, 1.54) is 24.3 Å². The van der Waals surface area contributed by atoms with E-state index in [1.54, 1.807) is 143 Å². The van der Waals surface area contributed by atoms with Crippen LogP contribution in [0.2, 0.25) is 0 Å². The van der Waals surface area contributed by atoms with Crippen molar-refractivity contribution in [3.05, 3.63) is 313 Å². The minimum atomic E-state index is -0.251. The third kappa shape index (κ3) is 19.3. The summed E-state index contributed by atoms with van der Waals surface area (Å²) in [7, 11) is 0. The van der Waals surface area contributed by atoms with Crippen LogP contribution in [0, 0.1) is 51.0 Å². The molecule has 0 aliphatic heterocycles. The summed E-state index contributed by atoms with van der Waals surface area (Å²) in [5.41, 5.74) is 43.5. The fourth-order valence-electron chi connectivity index (χ4n) is 15.7. The van der Waals surface area contributed by atoms with E-state index in [0.717, 1.165) is 141 Å². The van der Waals surface area contributed by atoms with Gasteiger partial charge in [0.1, 0.15) is 68.6 Å². The summed E-state index contributed by atoms with van der Waals surface area (Å²) >= 11 is 0. The molecule has 2 aliphatic carbocycles. The lowest BCUT2D eigenvalue weighted by Crippen LogP contribution is -2.49. The topological polar surface area (TPSA) is 341 Å². The molecule has 0 unspecified atom stereocenters. The maximum absolute atomic E-state index is 13.8. The maximum atomic E-state index is 13.8. The fraction of sp³-hybridized carbons (Fsp3) is 0.216. The Morgan fingerprint density at radius 1 is 0.344 bits per heavy atom. The Bertz CT molecular complexity index is 6460. The van der Waals surface area contributed by atoms with Gasteiger partial charge in [-0.3, -0.25) is 56.7 Å². The number of carbonyl (C=O) groups excluding carboxylic acids is 4. The van der Waals surface area contributed by atoms with Crippen LogP contribution >= 0.6 is 0 Å². The van der Waals surface area contributed by atoms with E-state index in [-0.39, 0.29) is 71.1 Å². The van der Waals surface area contributed by atoms with Crippen molar-refractivity contribution in [2.75, 3.05) is 26.2 Å². The van der Waals surface area contributed by atoms with E-state index in [9.17, 15) is 36.7 Å². The van der Waals surface area contributed by atoms with Gasteiger partial charge in [0.15, 0.2) is 0 Å². The Morgan fingerprint density at radius 2 is 0.616 bits per heavy atom. The molecule has 18 rings (SSSR count). The zero-order chi connectivity index (χ0) is 87.4. The summed E-state index contributed by atoms with van der Waals surface area (Å²) in [6.07, 6.45) is 29.4. The van der Waals surface area contributed by atoms with Crippen LogP contribution in [0.25, 0.3) is 112 Å². The molecule has 0 saturated heterocycles. The lowest BCUT2D eigenvalue weighted by atomic mass is 9.91. The number of nitrogens with two attached hydrogens (primary N) is 4. The van der Waals surface area contributed by atoms with Crippen LogP contribution in [0.4, 0.5) is 17.6 Å². The second kappa shape index (κ2) is 38.8. The molecule has 12 heterocycles. The smallest absolute Gasteiger partial charge is 0.270 e. The molecule has 4 atom stereocenters. The number of aromatic nitrogens is 12. The molecule has 125 heavy (non-hydrogen) atoms. The third-order valence-corrected chi connectivity index (χ3v) is 22.5. The summed E-state index contributed by atoms with van der Waals surface area (Å²) < 4.78 is 62.2. The summed E-state index contributed by atoms with van der Waals surface area (Å²) in [6, 6.07) is 50.3. The number of nitrogens with zero attached hydrogens (tertiary/aromatic N) is 12. The standard InChI is InChI=1S/2C26H26FN5O.C23H22FN5O.C22H20FN5O/c2*1-16-13-17(8-10-20(16)27)25-19(5-4-12-29-25)18-9-11-24-30-14-23(32(24)15-18)26(33)31-22-7-3-2-6-21(22)28;1-15-12-16(5-7-19(15)24)22-18(4-2-10-26-22)17-6-8-21-28-13-20(29(21)14-17)23(30)27-11-3-9-25;1-14-11-15(4-6-18(14)23)21-17(3-2-9-25-21)16-5-7-20-27-12-19(28(20)13-16)22(29)26-10-8-24/h2*4-5,8-15,21-22H,2-3,6-7,28H2,1H3,(H,31,33);2,4-8,10,12-14H,3,9,11,25H2,1H3,(H,27,30);2-7,9,11-13H,8,10,24H2,1H3,(H,26,29)/t2*21-,22-;;/m10../s1. The first kappa shape index (κ1) is 85.7. The largest absolute Gasteiger partial charge is 0.351 e. The normalized spacial score (nSPS) is 14.9. The average Bonchev–Trinajstić information content (AvgIpc) is 1.68. The van der Waals surface area contributed by atoms with Gasteiger partial charge < -0.3 is 44.2 Å². The van der Waals surface area contributed by atoms with Gasteiger partial charge in [-0.1, -0.05) is 49.9 Å². The molecule has 0 bridgehead atoms. The number of amides is 4. The maximum Gasteiger partial charge on any atom is 0.270 e. The molecule has 0 spiro atoms. The Labute approximate surface area is 718 Å². The van der Waals surface area contributed by atoms with Crippen molar-refractivity contribution in [3.63, 3.8) is 0 Å². The number of benzene rings is 4. The van der Waals surface area contributed by atoms with E-state index in [1.807, 2.05) is 122 Å². The quantitative estimate of drug-likeness (QED) is 0.0275. The SMILES string of the molecule is Cc1cc(-c2ncccc2-c2ccc3ncc(C(=O)NCCCN)n3c2)ccc1F.Cc1cc(-c2ncccc2-c2ccc3ncc(C(=O)NCCN)n3c2)ccc1F.Cc1cc(-c2ncccc2-c2ccc3ncc(C(=O)N[C@@H]4CCCC[C@H]4N)n3c2)ccc1F.Cc1cc(-c2ncccc2-c2ccc3ncc(C(=O)N[C@H]4CCCC[C@@H]4N)n3c2)ccc1F. The van der Waals surface area contributed by atoms with Gasteiger partial charge in [-0.2, -0.15) is 0 Å². The van der Waals surface area contributed by atoms with E-state index < -0.39 is 0 Å². The third-order valence-electron chi connectivity index (χ3n) is 22.5. The lowest BCUT2D eigenvalue weighted by Gasteiger charge is -2.29. The zero-order valence-corrected chi connectivity index (χ0v) is 69.4. The van der Waals surface area contributed by atoms with Crippen LogP contribution in [-0.4, -0.2) is 131 Å². The minimum absolute atomic E-state index is 0.0189. The molecule has 2 saturated carbocycles. The molecule has 4 aromatic carbocycles. The van der Waals surface area contributed by atoms with Gasteiger partial charge in [0, 0.05) is 160 Å². The number of aryl methyl sites for hydroxylation is 4. The van der Waals surface area contributed by atoms with Crippen LogP contribution in [0.15, 0.2) is 244 Å². The van der Waals surface area contributed by atoms with Crippen LogP contribution < -0.4 is 44.2 Å². The molecule has 0 radical (unpaired) electrons. The number of halogens is 4. The Kier molecular flexibility index (Phi) is 26.6. The molecular formula is C97H94F4N20O4. The van der Waals surface area contributed by atoms with Gasteiger partial charge in [-0.05, 0) is 234 Å². The predicted octanol–water partition coefficient (Wildman–Crippen LogP) is 15.8. The van der Waals surface area contributed by atoms with Crippen molar-refractivity contribution in [3.8, 4) is 89.5 Å². The molecule has 2 fully saturated rings. The molecule has 634 valence electrons. The molecule has 28 heteroatoms. The van der Waals surface area contributed by atoms with Crippen molar-refractivity contribution < 1.29 is 36.7 Å². The summed E-state index contributed by atoms with van der Waals surface area (Å²) in [6.45, 7) is 8.72. The number of carbonyl (C=O) groups is 4. The van der Waals surface area contributed by atoms with Gasteiger partial charge in [0.05, 0.1) is 47.6 Å². The van der Waals surface area contributed by atoms with Crippen molar-refractivity contribution in [1.29, 1.82) is 0 Å². The first-order chi connectivity index (χ1) is 60.7. The number of hydrogen-bond acceptors (Lipinski definition) is 16. The molecule has 12 N–H and O–H groups in total. The Balaban J connectivity index is 0.000000129. The Morgan fingerprint density at radius 3 is 0.888 bits per heavy atom. The molecule has 24 nitrogen and oxygen atoms in total. The molecular weight excluding hydrogens is 1590 g/mol. The second-order valence-electron chi connectivity index (χ2n) is 31.1. The zero-order valence-electron chi connectivity index (χ0n) is 69.4. The molecule has 12 aromatic heterocycles. The van der Waals surface area contributed by atoms with Crippen LogP contribution in [-0.2, 0) is 0 Å². The number of fused-ring (bicyclic) bond motifs is 4. The van der Waals surface area contributed by atoms with Gasteiger partial charge in [-0.15, -0.1) is 0 Å². The van der Waals surface area contributed by atoms with Gasteiger partial charge >= 0.3 is 0 Å². The highest BCUT2D eigenvalue weighted by Gasteiger charge is 2.28. The van der Waals surface area contributed by atoms with Crippen LogP contribution in [0.5, 0.6) is 0 Å². The molecule has 4 amide bonds. The van der Waals surface area contributed by atoms with E-state index in [4.69, 9.17) is 22.9 Å². The average molecular weight is 1680 g/mol. The Hall–Kier alpha value is -14.3. The van der Waals surface area contributed by atoms with E-state index in [0.29, 0.717) is 100 Å². The second-order valence-corrected chi connectivity index (χ2v) is 31.1. The highest BCUT2D eigenvalue weighted by Crippen LogP contribution is 2.37. The number of nitrogens with one attached hydrogen (secondary N) is 4. The first-order valence-electron chi connectivity index (χ1n) is 41.5. The van der Waals surface area contributed by atoms with Crippen molar-refractivity contribution in [2.45, 2.75) is 110 Å². The van der Waals surface area contributed by atoms with E-state index in [2.05, 4.69) is 61.1 Å². The number of rotatable bonds is 19. The summed E-state index contributed by atoms with van der Waals surface area (Å²) in [5, 5.41) is 11.8. The number of imidazole rings is 4. The number of pyridine rings is 8.